The molecule has 1 fully saturated rings. The average molecular weight is 358 g/mol. The van der Waals surface area contributed by atoms with Crippen LogP contribution in [-0.2, 0) is 0 Å². The number of hydrogen-bond acceptors (Lipinski definition) is 2. The van der Waals surface area contributed by atoms with Crippen LogP contribution in [0.4, 0.5) is 4.39 Å². The highest BCUT2D eigenvalue weighted by Crippen LogP contribution is 2.42. The van der Waals surface area contributed by atoms with Crippen LogP contribution in [0.2, 0.25) is 5.15 Å². The zero-order valence-corrected chi connectivity index (χ0v) is 14.9. The zero-order valence-electron chi connectivity index (χ0n) is 14.2. The van der Waals surface area contributed by atoms with E-state index in [0.29, 0.717) is 22.9 Å². The Hall–Kier alpha value is -1.94. The van der Waals surface area contributed by atoms with Gasteiger partial charge >= 0.3 is 0 Å². The summed E-state index contributed by atoms with van der Waals surface area (Å²) in [4.78, 5) is 11.9. The lowest BCUT2D eigenvalue weighted by atomic mass is 9.73. The summed E-state index contributed by atoms with van der Waals surface area (Å²) in [6.07, 6.45) is 8.09. The highest BCUT2D eigenvalue weighted by molar-refractivity contribution is 6.29. The monoisotopic (exact) mass is 357 g/mol. The minimum Gasteiger partial charge on any atom is -0.347 e. The molecule has 1 atom stereocenters. The van der Waals surface area contributed by atoms with E-state index in [1.807, 2.05) is 6.20 Å². The molecule has 0 bridgehead atoms. The molecule has 25 heavy (non-hydrogen) atoms. The summed E-state index contributed by atoms with van der Waals surface area (Å²) >= 11 is 5.94. The van der Waals surface area contributed by atoms with E-state index in [0.717, 1.165) is 42.4 Å². The van der Waals surface area contributed by atoms with Gasteiger partial charge in [0.15, 0.2) is 0 Å². The first-order chi connectivity index (χ1) is 12.1. The Kier molecular flexibility index (Phi) is 4.46. The fourth-order valence-electron chi connectivity index (χ4n) is 4.20. The summed E-state index contributed by atoms with van der Waals surface area (Å²) in [6, 6.07) is 6.93. The van der Waals surface area contributed by atoms with E-state index in [9.17, 15) is 4.39 Å². The standard InChI is InChI=1S/C20H21ClFN3/c1-12(20-24-11-19(21)25-20)13-2-4-14(5-3-13)16-8-9-23-18-7-6-15(22)10-17(16)18/h6-14H,2-5H2,1H3,(H,24,25). The van der Waals surface area contributed by atoms with Crippen LogP contribution in [0, 0.1) is 11.7 Å². The molecule has 5 heteroatoms. The second-order valence-electron chi connectivity index (χ2n) is 7.07. The Labute approximate surface area is 151 Å². The van der Waals surface area contributed by atoms with Crippen molar-refractivity contribution in [2.45, 2.75) is 44.4 Å². The van der Waals surface area contributed by atoms with Gasteiger partial charge in [0, 0.05) is 23.7 Å². The summed E-state index contributed by atoms with van der Waals surface area (Å²) in [5.41, 5.74) is 2.11. The van der Waals surface area contributed by atoms with E-state index in [1.54, 1.807) is 18.3 Å². The number of H-pyrrole nitrogens is 1. The molecule has 0 amide bonds. The van der Waals surface area contributed by atoms with Crippen LogP contribution < -0.4 is 0 Å². The summed E-state index contributed by atoms with van der Waals surface area (Å²) in [5.74, 6) is 2.22. The molecule has 0 spiro atoms. The van der Waals surface area contributed by atoms with E-state index >= 15 is 0 Å². The molecular weight excluding hydrogens is 337 g/mol. The second-order valence-corrected chi connectivity index (χ2v) is 7.46. The number of pyridine rings is 1. The maximum Gasteiger partial charge on any atom is 0.147 e. The lowest BCUT2D eigenvalue weighted by Gasteiger charge is -2.32. The van der Waals surface area contributed by atoms with Gasteiger partial charge in [-0.1, -0.05) is 18.5 Å². The van der Waals surface area contributed by atoms with Crippen LogP contribution in [0.3, 0.4) is 0 Å². The fourth-order valence-corrected chi connectivity index (χ4v) is 4.34. The van der Waals surface area contributed by atoms with Gasteiger partial charge in [0.2, 0.25) is 0 Å². The molecule has 1 aliphatic carbocycles. The summed E-state index contributed by atoms with van der Waals surface area (Å²) in [7, 11) is 0. The third-order valence-electron chi connectivity index (χ3n) is 5.65. The lowest BCUT2D eigenvalue weighted by molar-refractivity contribution is 0.286. The third kappa shape index (κ3) is 3.28. The number of fused-ring (bicyclic) bond motifs is 1. The number of halogens is 2. The molecule has 0 aliphatic heterocycles. The van der Waals surface area contributed by atoms with Crippen LogP contribution in [0.1, 0.15) is 55.8 Å². The molecule has 4 rings (SSSR count). The molecule has 2 heterocycles. The van der Waals surface area contributed by atoms with Crippen molar-refractivity contribution >= 4 is 22.5 Å². The lowest BCUT2D eigenvalue weighted by Crippen LogP contribution is -2.19. The number of aromatic amines is 1. The van der Waals surface area contributed by atoms with E-state index in [-0.39, 0.29) is 5.82 Å². The van der Waals surface area contributed by atoms with E-state index in [2.05, 4.69) is 27.9 Å². The van der Waals surface area contributed by atoms with E-state index < -0.39 is 0 Å². The van der Waals surface area contributed by atoms with E-state index in [1.165, 1.54) is 11.6 Å². The molecule has 0 radical (unpaired) electrons. The fraction of sp³-hybridized carbons (Fsp3) is 0.400. The molecule has 1 unspecified atom stereocenters. The zero-order chi connectivity index (χ0) is 17.4. The summed E-state index contributed by atoms with van der Waals surface area (Å²) in [5, 5.41) is 1.48. The van der Waals surface area contributed by atoms with Crippen LogP contribution in [0.5, 0.6) is 0 Å². The maximum atomic E-state index is 13.7. The van der Waals surface area contributed by atoms with Crippen LogP contribution in [0.15, 0.2) is 36.7 Å². The molecule has 1 N–H and O–H groups in total. The van der Waals surface area contributed by atoms with Gasteiger partial charge in [0.1, 0.15) is 16.8 Å². The van der Waals surface area contributed by atoms with Gasteiger partial charge < -0.3 is 4.98 Å². The second kappa shape index (κ2) is 6.75. The van der Waals surface area contributed by atoms with Crippen molar-refractivity contribution < 1.29 is 4.39 Å². The SMILES string of the molecule is CC(c1nc(Cl)c[nH]1)C1CCC(c2ccnc3ccc(F)cc23)CC1. The van der Waals surface area contributed by atoms with Crippen molar-refractivity contribution in [3.8, 4) is 0 Å². The van der Waals surface area contributed by atoms with Gasteiger partial charge in [0.25, 0.3) is 0 Å². The number of hydrogen-bond donors (Lipinski definition) is 1. The van der Waals surface area contributed by atoms with Crippen molar-refractivity contribution in [1.82, 2.24) is 15.0 Å². The van der Waals surface area contributed by atoms with Gasteiger partial charge in [-0.2, -0.15) is 0 Å². The first kappa shape index (κ1) is 16.5. The third-order valence-corrected chi connectivity index (χ3v) is 5.85. The minimum absolute atomic E-state index is 0.196. The Morgan fingerprint density at radius 1 is 1.20 bits per heavy atom. The smallest absolute Gasteiger partial charge is 0.147 e. The number of nitrogens with one attached hydrogen (secondary N) is 1. The van der Waals surface area contributed by atoms with Crippen LogP contribution >= 0.6 is 11.6 Å². The largest absolute Gasteiger partial charge is 0.347 e. The molecule has 0 saturated heterocycles. The molecule has 3 aromatic rings. The number of aromatic nitrogens is 3. The Morgan fingerprint density at radius 3 is 2.72 bits per heavy atom. The van der Waals surface area contributed by atoms with Crippen LogP contribution in [-0.4, -0.2) is 15.0 Å². The molecule has 3 nitrogen and oxygen atoms in total. The van der Waals surface area contributed by atoms with Crippen molar-refractivity contribution in [3.05, 3.63) is 59.0 Å². The molecule has 130 valence electrons. The van der Waals surface area contributed by atoms with Gasteiger partial charge in [-0.05, 0) is 67.3 Å². The predicted octanol–water partition coefficient (Wildman–Crippen LogP) is 5.83. The average Bonchev–Trinajstić information content (AvgIpc) is 3.07. The summed E-state index contributed by atoms with van der Waals surface area (Å²) < 4.78 is 13.7. The molecule has 1 aromatic carbocycles. The van der Waals surface area contributed by atoms with Crippen molar-refractivity contribution in [2.75, 3.05) is 0 Å². The topological polar surface area (TPSA) is 41.6 Å². The maximum absolute atomic E-state index is 13.7. The van der Waals surface area contributed by atoms with E-state index in [4.69, 9.17) is 11.6 Å². The number of benzene rings is 1. The van der Waals surface area contributed by atoms with Gasteiger partial charge in [-0.15, -0.1) is 0 Å². The van der Waals surface area contributed by atoms with Gasteiger partial charge in [0.05, 0.1) is 5.52 Å². The molecular formula is C20H21ClFN3. The quantitative estimate of drug-likeness (QED) is 0.640. The molecule has 1 aliphatic rings. The number of rotatable bonds is 3. The molecule has 2 aromatic heterocycles. The highest BCUT2D eigenvalue weighted by Gasteiger charge is 2.29. The number of nitrogens with zero attached hydrogens (tertiary/aromatic N) is 2. The highest BCUT2D eigenvalue weighted by atomic mass is 35.5. The first-order valence-electron chi connectivity index (χ1n) is 8.87. The number of imidazole rings is 1. The first-order valence-corrected chi connectivity index (χ1v) is 9.24. The van der Waals surface area contributed by atoms with Crippen molar-refractivity contribution in [3.63, 3.8) is 0 Å². The van der Waals surface area contributed by atoms with Gasteiger partial charge in [-0.3, -0.25) is 4.98 Å². The predicted molar refractivity (Wildman–Crippen MR) is 98.4 cm³/mol. The Morgan fingerprint density at radius 2 is 2.00 bits per heavy atom. The van der Waals surface area contributed by atoms with Crippen molar-refractivity contribution in [1.29, 1.82) is 0 Å². The van der Waals surface area contributed by atoms with Gasteiger partial charge in [-0.25, -0.2) is 9.37 Å². The van der Waals surface area contributed by atoms with Crippen LogP contribution in [0.25, 0.3) is 10.9 Å². The normalized spacial score (nSPS) is 22.2. The Bertz CT molecular complexity index is 884. The molecule has 1 saturated carbocycles. The van der Waals surface area contributed by atoms with Crippen molar-refractivity contribution in [2.24, 2.45) is 5.92 Å². The summed E-state index contributed by atoms with van der Waals surface area (Å²) in [6.45, 7) is 2.22. The minimum atomic E-state index is -0.196. The Balaban J connectivity index is 1.51.